The van der Waals surface area contributed by atoms with Gasteiger partial charge in [-0.15, -0.1) is 11.6 Å². The lowest BCUT2D eigenvalue weighted by atomic mass is 10.1. The van der Waals surface area contributed by atoms with E-state index in [1.807, 2.05) is 47.0 Å². The van der Waals surface area contributed by atoms with Gasteiger partial charge in [-0.3, -0.25) is 0 Å². The van der Waals surface area contributed by atoms with Gasteiger partial charge in [-0.25, -0.2) is 0 Å². The summed E-state index contributed by atoms with van der Waals surface area (Å²) in [5.74, 6) is 7.38. The van der Waals surface area contributed by atoms with Gasteiger partial charge in [-0.1, -0.05) is 41.7 Å². The summed E-state index contributed by atoms with van der Waals surface area (Å²) >= 11 is 12.5. The second-order valence-electron chi connectivity index (χ2n) is 6.65. The molecule has 1 atom stereocenters. The van der Waals surface area contributed by atoms with Crippen LogP contribution in [0.2, 0.25) is 5.02 Å². The molecule has 2 heterocycles. The molecule has 0 saturated heterocycles. The molecule has 28 heavy (non-hydrogen) atoms. The molecule has 4 aromatic rings. The minimum absolute atomic E-state index is 0.0577. The maximum Gasteiger partial charge on any atom is 0.166 e. The van der Waals surface area contributed by atoms with Gasteiger partial charge in [-0.05, 0) is 36.8 Å². The first kappa shape index (κ1) is 17.3. The van der Waals surface area contributed by atoms with Gasteiger partial charge in [-0.2, -0.15) is 4.57 Å². The molecule has 0 N–H and O–H groups in total. The van der Waals surface area contributed by atoms with E-state index >= 15 is 0 Å². The third kappa shape index (κ3) is 2.77. The first-order valence-electron chi connectivity index (χ1n) is 8.89. The third-order valence-electron chi connectivity index (χ3n) is 4.88. The van der Waals surface area contributed by atoms with E-state index in [0.717, 1.165) is 50.4 Å². The Bertz CT molecular complexity index is 1420. The summed E-state index contributed by atoms with van der Waals surface area (Å²) < 4.78 is 13.2. The van der Waals surface area contributed by atoms with Crippen LogP contribution in [0.3, 0.4) is 0 Å². The largest absolute Gasteiger partial charge is 0.497 e. The second-order valence-corrected chi connectivity index (χ2v) is 7.65. The van der Waals surface area contributed by atoms with Crippen molar-refractivity contribution in [2.45, 2.75) is 11.8 Å². The zero-order chi connectivity index (χ0) is 19.3. The molecular weight excluding hydrogens is 393 g/mol. The number of hydrogen-bond donors (Lipinski definition) is 0. The topological polar surface area (TPSA) is 26.8 Å². The van der Waals surface area contributed by atoms with Crippen molar-refractivity contribution in [1.82, 2.24) is 4.57 Å². The molecule has 1 aliphatic carbocycles. The van der Waals surface area contributed by atoms with Gasteiger partial charge in [0, 0.05) is 27.3 Å². The van der Waals surface area contributed by atoms with Crippen molar-refractivity contribution < 1.29 is 9.26 Å². The van der Waals surface area contributed by atoms with E-state index in [2.05, 4.69) is 24.0 Å². The minimum Gasteiger partial charge on any atom is -0.497 e. The molecule has 5 heteroatoms. The fraction of sp³-hybridized carbons (Fsp3) is 0.130. The number of hydrogen-bond acceptors (Lipinski definition) is 2. The van der Waals surface area contributed by atoms with Gasteiger partial charge in [0.25, 0.3) is 0 Å². The lowest BCUT2D eigenvalue weighted by Gasteiger charge is -2.02. The van der Waals surface area contributed by atoms with E-state index in [1.54, 1.807) is 7.11 Å². The van der Waals surface area contributed by atoms with E-state index in [-0.39, 0.29) is 5.38 Å². The quantitative estimate of drug-likeness (QED) is 0.347. The van der Waals surface area contributed by atoms with Gasteiger partial charge >= 0.3 is 0 Å². The van der Waals surface area contributed by atoms with Gasteiger partial charge in [0.1, 0.15) is 11.3 Å². The lowest BCUT2D eigenvalue weighted by molar-refractivity contribution is 0.402. The number of ether oxygens (including phenoxy) is 1. The summed E-state index contributed by atoms with van der Waals surface area (Å²) in [7, 11) is 1.65. The van der Waals surface area contributed by atoms with Crippen LogP contribution in [0.25, 0.3) is 28.6 Å². The summed E-state index contributed by atoms with van der Waals surface area (Å²) in [4.78, 5) is 0. The van der Waals surface area contributed by atoms with E-state index in [0.29, 0.717) is 5.02 Å². The molecule has 0 radical (unpaired) electrons. The fourth-order valence-corrected chi connectivity index (χ4v) is 3.97. The molecule has 0 fully saturated rings. The van der Waals surface area contributed by atoms with Crippen molar-refractivity contribution in [3.05, 3.63) is 69.2 Å². The van der Waals surface area contributed by atoms with Crippen molar-refractivity contribution in [2.24, 2.45) is 0 Å². The highest BCUT2D eigenvalue weighted by Gasteiger charge is 2.18. The maximum atomic E-state index is 6.40. The van der Waals surface area contributed by atoms with Gasteiger partial charge in [0.05, 0.1) is 23.4 Å². The molecule has 2 aromatic heterocycles. The number of fused-ring (bicyclic) bond motifs is 5. The van der Waals surface area contributed by atoms with Crippen LogP contribution in [0.5, 0.6) is 5.75 Å². The summed E-state index contributed by atoms with van der Waals surface area (Å²) in [5.41, 5.74) is 3.45. The van der Waals surface area contributed by atoms with Gasteiger partial charge < -0.3 is 9.26 Å². The predicted octanol–water partition coefficient (Wildman–Crippen LogP) is 4.32. The van der Waals surface area contributed by atoms with Crippen molar-refractivity contribution >= 4 is 51.8 Å². The summed E-state index contributed by atoms with van der Waals surface area (Å²) in [6.07, 6.45) is 4.90. The Labute approximate surface area is 171 Å². The molecule has 3 nitrogen and oxygen atoms in total. The maximum absolute atomic E-state index is 6.40. The van der Waals surface area contributed by atoms with Crippen molar-refractivity contribution in [2.75, 3.05) is 7.11 Å². The molecule has 5 rings (SSSR count). The molecule has 0 spiro atoms. The van der Waals surface area contributed by atoms with Crippen LogP contribution in [0.1, 0.15) is 17.5 Å². The number of aromatic nitrogens is 1. The first-order valence-corrected chi connectivity index (χ1v) is 9.70. The Morgan fingerprint density at radius 3 is 2.93 bits per heavy atom. The number of methoxy groups -OCH3 is 1. The molecule has 1 unspecified atom stereocenters. The standard InChI is InChI=1S/C23H15Cl2NO2/c1-27-17-4-2-3-14(11-17)5-8-18-20-12-15(24)7-10-21(20)26-23(18)19-9-6-16(25)13-22(19)28-26/h2-4,6,9-13,15H,7H2,1H3. The molecule has 1 aliphatic rings. The summed E-state index contributed by atoms with van der Waals surface area (Å²) in [6, 6.07) is 13.4. The zero-order valence-electron chi connectivity index (χ0n) is 15.0. The van der Waals surface area contributed by atoms with Crippen LogP contribution in [-0.4, -0.2) is 17.1 Å². The Hall–Kier alpha value is -2.80. The molecule has 0 amide bonds. The minimum atomic E-state index is -0.0577. The monoisotopic (exact) mass is 407 g/mol. The Morgan fingerprint density at radius 2 is 2.07 bits per heavy atom. The van der Waals surface area contributed by atoms with Crippen molar-refractivity contribution in [3.8, 4) is 17.6 Å². The summed E-state index contributed by atoms with van der Waals surface area (Å²) in [6.45, 7) is 0. The average molecular weight is 408 g/mol. The smallest absolute Gasteiger partial charge is 0.166 e. The van der Waals surface area contributed by atoms with E-state index in [1.165, 1.54) is 0 Å². The highest BCUT2D eigenvalue weighted by Crippen LogP contribution is 2.26. The van der Waals surface area contributed by atoms with Gasteiger partial charge in [0.2, 0.25) is 0 Å². The first-order chi connectivity index (χ1) is 13.6. The van der Waals surface area contributed by atoms with Crippen LogP contribution in [0.4, 0.5) is 0 Å². The average Bonchev–Trinajstić information content (AvgIpc) is 3.20. The van der Waals surface area contributed by atoms with Crippen LogP contribution in [-0.2, 0) is 0 Å². The highest BCUT2D eigenvalue weighted by molar-refractivity contribution is 6.31. The zero-order valence-corrected chi connectivity index (χ0v) is 16.5. The van der Waals surface area contributed by atoms with Crippen LogP contribution < -0.4 is 15.3 Å². The molecule has 2 aromatic carbocycles. The van der Waals surface area contributed by atoms with Crippen LogP contribution in [0.15, 0.2) is 47.0 Å². The molecule has 138 valence electrons. The SMILES string of the molecule is COc1cccc(C#Cc2c3c(n4oc5cc(Cl)ccc5c24)=CCC(Cl)C=3)c1. The number of nitrogens with zero attached hydrogens (tertiary/aromatic N) is 1. The van der Waals surface area contributed by atoms with Crippen LogP contribution in [0, 0.1) is 11.8 Å². The summed E-state index contributed by atoms with van der Waals surface area (Å²) in [5, 5.41) is 3.55. The highest BCUT2D eigenvalue weighted by atomic mass is 35.5. The van der Waals surface area contributed by atoms with E-state index in [4.69, 9.17) is 32.5 Å². The fourth-order valence-electron chi connectivity index (χ4n) is 3.59. The van der Waals surface area contributed by atoms with Gasteiger partial charge in [0.15, 0.2) is 5.58 Å². The lowest BCUT2D eigenvalue weighted by Crippen LogP contribution is -2.31. The number of halogens is 2. The predicted molar refractivity (Wildman–Crippen MR) is 114 cm³/mol. The number of alkyl halides is 1. The second kappa shape index (κ2) is 6.67. The Kier molecular flexibility index (Phi) is 4.12. The Balaban J connectivity index is 1.83. The van der Waals surface area contributed by atoms with E-state index in [9.17, 15) is 0 Å². The van der Waals surface area contributed by atoms with Crippen LogP contribution >= 0.6 is 23.2 Å². The third-order valence-corrected chi connectivity index (χ3v) is 5.42. The Morgan fingerprint density at radius 1 is 1.18 bits per heavy atom. The van der Waals surface area contributed by atoms with Crippen molar-refractivity contribution in [3.63, 3.8) is 0 Å². The molecule has 0 bridgehead atoms. The van der Waals surface area contributed by atoms with Crippen molar-refractivity contribution in [1.29, 1.82) is 0 Å². The molecule has 0 aliphatic heterocycles. The van der Waals surface area contributed by atoms with E-state index < -0.39 is 0 Å². The number of rotatable bonds is 1. The number of benzene rings is 2. The molecular formula is C23H15Cl2NO2. The normalized spacial score (nSPS) is 15.5. The molecule has 0 saturated carbocycles.